The number of nitrogens with one attached hydrogen (secondary N) is 1. The number of allylic oxidation sites excluding steroid dienone is 19. The van der Waals surface area contributed by atoms with Gasteiger partial charge < -0.3 is 89.9 Å². The van der Waals surface area contributed by atoms with Gasteiger partial charge in [0.05, 0.1) is 38.6 Å². The molecule has 98 heavy (non-hydrogen) atoms. The molecule has 17 unspecified atom stereocenters. The van der Waals surface area contributed by atoms with Gasteiger partial charge in [0, 0.05) is 6.42 Å². The second-order valence-corrected chi connectivity index (χ2v) is 26.4. The van der Waals surface area contributed by atoms with E-state index in [-0.39, 0.29) is 18.9 Å². The first-order chi connectivity index (χ1) is 47.8. The topological polar surface area (TPSA) is 307 Å². The number of rotatable bonds is 57. The predicted molar refractivity (Wildman–Crippen MR) is 387 cm³/mol. The molecule has 3 aliphatic rings. The molecule has 3 rings (SSSR count). The molecule has 19 heteroatoms. The number of aliphatic hydroxyl groups is 11. The van der Waals surface area contributed by atoms with E-state index in [9.17, 15) is 61.0 Å². The summed E-state index contributed by atoms with van der Waals surface area (Å²) < 4.78 is 34.4. The van der Waals surface area contributed by atoms with Crippen LogP contribution in [-0.4, -0.2) is 193 Å². The van der Waals surface area contributed by atoms with Crippen LogP contribution in [0.4, 0.5) is 0 Å². The van der Waals surface area contributed by atoms with Crippen LogP contribution in [0.3, 0.4) is 0 Å². The van der Waals surface area contributed by atoms with Gasteiger partial charge >= 0.3 is 0 Å². The van der Waals surface area contributed by atoms with E-state index in [1.54, 1.807) is 6.08 Å². The minimum Gasteiger partial charge on any atom is -0.394 e. The van der Waals surface area contributed by atoms with Crippen molar-refractivity contribution >= 4 is 5.91 Å². The SMILES string of the molecule is CC/C=C\C/C=C\C/C=C\C/C=C\C/C=C\C/C=C\C/C=C\C/C=C\CCCCCCCCC(=O)NC(COC1OC(CO)C(OC2OC(CO)C(OC3OC(CO)C(O)C(O)C3O)C(O)C2O)C(O)C1O)C(O)/C=C/CC/C=C/CCCCCCCCCCCCCCCCCC. The maximum Gasteiger partial charge on any atom is 0.220 e. The minimum absolute atomic E-state index is 0.210. The van der Waals surface area contributed by atoms with Gasteiger partial charge in [-0.25, -0.2) is 0 Å². The predicted octanol–water partition coefficient (Wildman–Crippen LogP) is 11.6. The highest BCUT2D eigenvalue weighted by Gasteiger charge is 2.53. The van der Waals surface area contributed by atoms with E-state index >= 15 is 0 Å². The molecule has 3 fully saturated rings. The highest BCUT2D eigenvalue weighted by Crippen LogP contribution is 2.33. The smallest absolute Gasteiger partial charge is 0.220 e. The van der Waals surface area contributed by atoms with Crippen molar-refractivity contribution in [3.05, 3.63) is 122 Å². The molecule has 19 nitrogen and oxygen atoms in total. The number of hydrogen-bond acceptors (Lipinski definition) is 18. The van der Waals surface area contributed by atoms with E-state index in [0.29, 0.717) is 12.8 Å². The van der Waals surface area contributed by atoms with Crippen LogP contribution in [0.2, 0.25) is 0 Å². The molecule has 0 aliphatic carbocycles. The molecule has 17 atom stereocenters. The number of unbranched alkanes of at least 4 members (excludes halogenated alkanes) is 23. The largest absolute Gasteiger partial charge is 0.394 e. The summed E-state index contributed by atoms with van der Waals surface area (Å²) >= 11 is 0. The average molecular weight is 1380 g/mol. The van der Waals surface area contributed by atoms with Gasteiger partial charge in [0.25, 0.3) is 0 Å². The van der Waals surface area contributed by atoms with Crippen LogP contribution < -0.4 is 5.32 Å². The van der Waals surface area contributed by atoms with Gasteiger partial charge in [0.15, 0.2) is 18.9 Å². The molecule has 3 saturated heterocycles. The third-order valence-corrected chi connectivity index (χ3v) is 18.0. The fraction of sp³-hybridized carbons (Fsp3) is 0.734. The van der Waals surface area contributed by atoms with E-state index in [4.69, 9.17) is 28.4 Å². The van der Waals surface area contributed by atoms with Gasteiger partial charge in [0.1, 0.15) is 73.2 Å². The van der Waals surface area contributed by atoms with Crippen LogP contribution in [0, 0.1) is 0 Å². The van der Waals surface area contributed by atoms with Crippen LogP contribution in [0.1, 0.15) is 239 Å². The van der Waals surface area contributed by atoms with Gasteiger partial charge in [0.2, 0.25) is 5.91 Å². The Hall–Kier alpha value is -3.81. The Balaban J connectivity index is 1.43. The number of carbonyl (C=O) groups excluding carboxylic acids is 1. The molecule has 1 amide bonds. The number of amides is 1. The lowest BCUT2D eigenvalue weighted by atomic mass is 9.96. The van der Waals surface area contributed by atoms with Crippen molar-refractivity contribution in [2.24, 2.45) is 0 Å². The van der Waals surface area contributed by atoms with Gasteiger partial charge in [-0.1, -0.05) is 257 Å². The molecule has 0 spiro atoms. The lowest BCUT2D eigenvalue weighted by Gasteiger charge is -2.48. The van der Waals surface area contributed by atoms with E-state index in [2.05, 4.69) is 129 Å². The number of aliphatic hydroxyl groups excluding tert-OH is 11. The summed E-state index contributed by atoms with van der Waals surface area (Å²) in [5.74, 6) is -0.304. The van der Waals surface area contributed by atoms with Crippen LogP contribution in [0.15, 0.2) is 122 Å². The Bertz CT molecular complexity index is 2250. The van der Waals surface area contributed by atoms with Crippen molar-refractivity contribution in [1.29, 1.82) is 0 Å². The second-order valence-electron chi connectivity index (χ2n) is 26.4. The van der Waals surface area contributed by atoms with E-state index in [0.717, 1.165) is 109 Å². The number of hydrogen-bond donors (Lipinski definition) is 12. The lowest BCUT2D eigenvalue weighted by Crippen LogP contribution is -2.66. The summed E-state index contributed by atoms with van der Waals surface area (Å²) in [7, 11) is 0. The van der Waals surface area contributed by atoms with Crippen molar-refractivity contribution in [2.75, 3.05) is 26.4 Å². The fourth-order valence-corrected chi connectivity index (χ4v) is 11.9. The molecule has 0 aromatic carbocycles. The number of ether oxygens (including phenoxy) is 6. The van der Waals surface area contributed by atoms with Crippen molar-refractivity contribution in [3.8, 4) is 0 Å². The van der Waals surface area contributed by atoms with E-state index in [1.807, 2.05) is 6.08 Å². The van der Waals surface area contributed by atoms with Gasteiger partial charge in [-0.15, -0.1) is 0 Å². The molecular weight excluding hydrogens is 1250 g/mol. The maximum absolute atomic E-state index is 13.4. The summed E-state index contributed by atoms with van der Waals surface area (Å²) in [6.45, 7) is 1.59. The summed E-state index contributed by atoms with van der Waals surface area (Å²) in [5, 5.41) is 121. The standard InChI is InChI=1S/C79H133NO18/c1-3-5-7-9-11-13-15-17-19-21-23-25-27-28-29-30-31-32-33-34-35-37-39-41-43-45-47-49-51-53-55-57-67(85)80-62(63(84)56-54-52-50-48-46-44-42-40-38-36-26-24-22-20-18-16-14-12-10-8-6-4-2)61-93-77-73(91)70(88)75(65(59-82)95-77)98-79-74(92)71(89)76(66(60-83)96-79)97-78-72(90)69(87)68(86)64(58-81)94-78/h5,7,11,13,17,19,23,25,28-29,31-32,34-35,39,41,46,48,54,56,62-66,68-79,81-84,86-92H,3-4,6,8-10,12,14-16,18,20-22,24,26-27,30,33,36-38,40,42-45,47,49-53,55,57-61H2,1-2H3,(H,80,85)/b7-5-,13-11-,19-17-,25-23-,29-28-,32-31-,35-34-,41-39-,48-46+,56-54+. The molecule has 0 bridgehead atoms. The molecular formula is C79H133NO18. The Morgan fingerprint density at radius 3 is 1.14 bits per heavy atom. The Morgan fingerprint density at radius 1 is 0.378 bits per heavy atom. The molecule has 0 aromatic heterocycles. The summed E-state index contributed by atoms with van der Waals surface area (Å²) in [5.41, 5.74) is 0. The van der Waals surface area contributed by atoms with Crippen molar-refractivity contribution in [1.82, 2.24) is 5.32 Å². The number of carbonyl (C=O) groups is 1. The van der Waals surface area contributed by atoms with Crippen LogP contribution in [0.25, 0.3) is 0 Å². The fourth-order valence-electron chi connectivity index (χ4n) is 11.9. The maximum atomic E-state index is 13.4. The quantitative estimate of drug-likeness (QED) is 0.0199. The first kappa shape index (κ1) is 88.4. The summed E-state index contributed by atoms with van der Waals surface area (Å²) in [6.07, 6.45) is 54.5. The van der Waals surface area contributed by atoms with E-state index in [1.165, 1.54) is 96.3 Å². The first-order valence-electron chi connectivity index (χ1n) is 37.8. The van der Waals surface area contributed by atoms with Gasteiger partial charge in [-0.3, -0.25) is 4.79 Å². The molecule has 3 aliphatic heterocycles. The van der Waals surface area contributed by atoms with Crippen molar-refractivity contribution < 1.29 is 89.4 Å². The Labute approximate surface area is 588 Å². The molecule has 0 saturated carbocycles. The normalized spacial score (nSPS) is 27.5. The second kappa shape index (κ2) is 58.7. The zero-order valence-corrected chi connectivity index (χ0v) is 59.7. The summed E-state index contributed by atoms with van der Waals surface area (Å²) in [6, 6.07) is -1.01. The monoisotopic (exact) mass is 1380 g/mol. The average Bonchev–Trinajstić information content (AvgIpc) is 0.785. The molecule has 0 radical (unpaired) electrons. The highest BCUT2D eigenvalue weighted by molar-refractivity contribution is 5.76. The van der Waals surface area contributed by atoms with Crippen LogP contribution in [0.5, 0.6) is 0 Å². The van der Waals surface area contributed by atoms with Crippen LogP contribution >= 0.6 is 0 Å². The van der Waals surface area contributed by atoms with E-state index < -0.39 is 124 Å². The van der Waals surface area contributed by atoms with Gasteiger partial charge in [-0.2, -0.15) is 0 Å². The van der Waals surface area contributed by atoms with Crippen molar-refractivity contribution in [3.63, 3.8) is 0 Å². The zero-order chi connectivity index (χ0) is 71.1. The third-order valence-electron chi connectivity index (χ3n) is 18.0. The molecule has 3 heterocycles. The minimum atomic E-state index is -1.99. The van der Waals surface area contributed by atoms with Crippen LogP contribution in [-0.2, 0) is 33.2 Å². The first-order valence-corrected chi connectivity index (χ1v) is 37.8. The molecule has 0 aromatic rings. The Kier molecular flexibility index (Phi) is 52.9. The Morgan fingerprint density at radius 2 is 0.714 bits per heavy atom. The zero-order valence-electron chi connectivity index (χ0n) is 59.7. The molecule has 12 N–H and O–H groups in total. The van der Waals surface area contributed by atoms with Crippen molar-refractivity contribution in [2.45, 2.75) is 343 Å². The highest BCUT2D eigenvalue weighted by atomic mass is 16.8. The molecule has 562 valence electrons. The third kappa shape index (κ3) is 39.0. The van der Waals surface area contributed by atoms with Gasteiger partial charge in [-0.05, 0) is 96.3 Å². The summed E-state index contributed by atoms with van der Waals surface area (Å²) in [4.78, 5) is 13.4. The lowest BCUT2D eigenvalue weighted by molar-refractivity contribution is -0.379.